The number of ether oxygens (including phenoxy) is 4. The molecule has 0 aliphatic carbocycles. The number of para-hydroxylation sites is 1. The third-order valence-corrected chi connectivity index (χ3v) is 10.3. The molecule has 13 heteroatoms. The van der Waals surface area contributed by atoms with Gasteiger partial charge in [-0.25, -0.2) is 9.59 Å². The summed E-state index contributed by atoms with van der Waals surface area (Å²) in [7, 11) is 1.53. The molecular formula is C48H44N2O11. The van der Waals surface area contributed by atoms with Gasteiger partial charge in [0.2, 0.25) is 5.91 Å². The maximum absolute atomic E-state index is 14.7. The van der Waals surface area contributed by atoms with Gasteiger partial charge in [0.05, 0.1) is 45.2 Å². The SMILES string of the molecule is CCOC(=O)C[C@H]1[C@H](OC(=O)c2cc3ccccc3oc2=O)[C@@H](NC(=O)c2ccc(-c3ccccc3)cc2)c2cc(OCCCO)ccc2N1C(=O)Cc1ccc(OC)cc1. The van der Waals surface area contributed by atoms with Crippen LogP contribution in [0.2, 0.25) is 0 Å². The number of aliphatic hydroxyl groups is 1. The number of methoxy groups -OCH3 is 1. The smallest absolute Gasteiger partial charge is 0.351 e. The molecule has 7 rings (SSSR count). The minimum absolute atomic E-state index is 0.0260. The lowest BCUT2D eigenvalue weighted by Gasteiger charge is -2.45. The average Bonchev–Trinajstić information content (AvgIpc) is 3.28. The van der Waals surface area contributed by atoms with Gasteiger partial charge in [-0.3, -0.25) is 14.4 Å². The fourth-order valence-electron chi connectivity index (χ4n) is 7.36. The summed E-state index contributed by atoms with van der Waals surface area (Å²) in [6.45, 7) is 1.71. The van der Waals surface area contributed by atoms with Crippen LogP contribution >= 0.6 is 0 Å². The van der Waals surface area contributed by atoms with E-state index in [1.807, 2.05) is 42.5 Å². The molecule has 61 heavy (non-hydrogen) atoms. The lowest BCUT2D eigenvalue weighted by atomic mass is 9.85. The van der Waals surface area contributed by atoms with E-state index >= 15 is 0 Å². The number of rotatable bonds is 15. The van der Waals surface area contributed by atoms with E-state index in [0.29, 0.717) is 40.1 Å². The molecule has 312 valence electrons. The molecule has 3 atom stereocenters. The van der Waals surface area contributed by atoms with Crippen molar-refractivity contribution in [2.45, 2.75) is 44.4 Å². The molecule has 1 aromatic heterocycles. The number of fused-ring (bicyclic) bond motifs is 2. The number of aliphatic hydroxyl groups excluding tert-OH is 1. The zero-order valence-corrected chi connectivity index (χ0v) is 33.6. The number of hydrogen-bond acceptors (Lipinski definition) is 11. The maximum Gasteiger partial charge on any atom is 0.351 e. The third kappa shape index (κ3) is 9.63. The fraction of sp³-hybridized carbons (Fsp3) is 0.229. The van der Waals surface area contributed by atoms with Crippen LogP contribution in [0, 0.1) is 0 Å². The lowest BCUT2D eigenvalue weighted by Crippen LogP contribution is -2.58. The molecule has 0 saturated heterocycles. The molecule has 0 saturated carbocycles. The monoisotopic (exact) mass is 824 g/mol. The van der Waals surface area contributed by atoms with Gasteiger partial charge >= 0.3 is 17.6 Å². The van der Waals surface area contributed by atoms with Crippen molar-refractivity contribution < 1.29 is 47.6 Å². The first-order valence-corrected chi connectivity index (χ1v) is 19.9. The zero-order chi connectivity index (χ0) is 42.9. The topological polar surface area (TPSA) is 171 Å². The standard InChI is InChI=1S/C48H44N2O11/c1-3-58-43(53)29-40-45(61-48(56)38-27-34-12-7-8-13-41(34)60-47(38)55)44(49-46(54)33-18-16-32(17-19-33)31-10-5-4-6-11-31)37-28-36(59-25-9-24-51)22-23-39(37)50(40)42(52)26-30-14-20-35(57-2)21-15-30/h4-8,10-23,27-28,40,44-45,51H,3,9,24-26,29H2,1-2H3,(H,49,54)/t40-,44-,45-/m0/s1. The molecule has 2 amide bonds. The number of nitrogens with one attached hydrogen (secondary N) is 1. The van der Waals surface area contributed by atoms with Crippen LogP contribution in [-0.4, -0.2) is 67.9 Å². The number of benzene rings is 5. The Balaban J connectivity index is 1.36. The van der Waals surface area contributed by atoms with E-state index in [1.54, 1.807) is 85.8 Å². The third-order valence-electron chi connectivity index (χ3n) is 10.3. The summed E-state index contributed by atoms with van der Waals surface area (Å²) < 4.78 is 28.4. The van der Waals surface area contributed by atoms with Gasteiger partial charge in [0.15, 0.2) is 0 Å². The van der Waals surface area contributed by atoms with E-state index in [1.165, 1.54) is 18.1 Å². The van der Waals surface area contributed by atoms with Gasteiger partial charge in [-0.05, 0) is 78.2 Å². The van der Waals surface area contributed by atoms with Crippen molar-refractivity contribution in [1.29, 1.82) is 0 Å². The first-order chi connectivity index (χ1) is 29.7. The average molecular weight is 825 g/mol. The molecule has 1 aliphatic rings. The quantitative estimate of drug-likeness (QED) is 0.0632. The van der Waals surface area contributed by atoms with Crippen LogP contribution in [0.4, 0.5) is 5.69 Å². The summed E-state index contributed by atoms with van der Waals surface area (Å²) >= 11 is 0. The molecule has 0 radical (unpaired) electrons. The predicted molar refractivity (Wildman–Crippen MR) is 227 cm³/mol. The van der Waals surface area contributed by atoms with Crippen molar-refractivity contribution in [3.05, 3.63) is 160 Å². The van der Waals surface area contributed by atoms with Crippen molar-refractivity contribution in [2.75, 3.05) is 31.8 Å². The van der Waals surface area contributed by atoms with Crippen molar-refractivity contribution in [3.63, 3.8) is 0 Å². The van der Waals surface area contributed by atoms with Crippen LogP contribution < -0.4 is 25.3 Å². The number of anilines is 1. The Labute approximate surface area is 351 Å². The summed E-state index contributed by atoms with van der Waals surface area (Å²) in [4.78, 5) is 71.6. The first kappa shape index (κ1) is 41.9. The van der Waals surface area contributed by atoms with E-state index in [0.717, 1.165) is 11.1 Å². The number of hydrogen-bond donors (Lipinski definition) is 2. The molecule has 0 fully saturated rings. The second-order valence-corrected chi connectivity index (χ2v) is 14.3. The van der Waals surface area contributed by atoms with Crippen molar-refractivity contribution in [3.8, 4) is 22.6 Å². The maximum atomic E-state index is 14.7. The predicted octanol–water partition coefficient (Wildman–Crippen LogP) is 6.84. The van der Waals surface area contributed by atoms with Crippen LogP contribution in [0.25, 0.3) is 22.1 Å². The Morgan fingerprint density at radius 2 is 1.52 bits per heavy atom. The Bertz CT molecular complexity index is 2570. The molecule has 0 unspecified atom stereocenters. The summed E-state index contributed by atoms with van der Waals surface area (Å²) in [5.41, 5.74) is 2.23. The Kier molecular flexibility index (Phi) is 13.2. The largest absolute Gasteiger partial charge is 0.497 e. The summed E-state index contributed by atoms with van der Waals surface area (Å²) in [5, 5.41) is 12.9. The van der Waals surface area contributed by atoms with Crippen LogP contribution in [-0.2, 0) is 25.5 Å². The van der Waals surface area contributed by atoms with E-state index in [4.69, 9.17) is 23.4 Å². The molecule has 0 spiro atoms. The Hall–Kier alpha value is -7.25. The number of carbonyl (C=O) groups excluding carboxylic acids is 4. The first-order valence-electron chi connectivity index (χ1n) is 19.9. The highest BCUT2D eigenvalue weighted by atomic mass is 16.6. The highest BCUT2D eigenvalue weighted by molar-refractivity contribution is 6.00. The minimum atomic E-state index is -1.49. The van der Waals surface area contributed by atoms with Crippen molar-refractivity contribution >= 4 is 40.4 Å². The van der Waals surface area contributed by atoms with Crippen LogP contribution in [0.1, 0.15) is 57.7 Å². The van der Waals surface area contributed by atoms with Gasteiger partial charge in [-0.15, -0.1) is 0 Å². The molecule has 6 aromatic rings. The van der Waals surface area contributed by atoms with Crippen LogP contribution in [0.5, 0.6) is 11.5 Å². The number of esters is 2. The molecule has 1 aliphatic heterocycles. The van der Waals surface area contributed by atoms with Gasteiger partial charge in [0, 0.05) is 35.2 Å². The second-order valence-electron chi connectivity index (χ2n) is 14.3. The van der Waals surface area contributed by atoms with E-state index < -0.39 is 59.6 Å². The van der Waals surface area contributed by atoms with Gasteiger partial charge < -0.3 is 38.7 Å². The van der Waals surface area contributed by atoms with E-state index in [9.17, 15) is 29.1 Å². The highest BCUT2D eigenvalue weighted by Crippen LogP contribution is 2.43. The lowest BCUT2D eigenvalue weighted by molar-refractivity contribution is -0.144. The molecular weight excluding hydrogens is 781 g/mol. The second kappa shape index (κ2) is 19.2. The Morgan fingerprint density at radius 1 is 0.820 bits per heavy atom. The molecule has 13 nitrogen and oxygen atoms in total. The normalized spacial score (nSPS) is 15.7. The number of amides is 2. The molecule has 2 heterocycles. The Morgan fingerprint density at radius 3 is 2.25 bits per heavy atom. The van der Waals surface area contributed by atoms with Gasteiger partial charge in [-0.2, -0.15) is 0 Å². The summed E-state index contributed by atoms with van der Waals surface area (Å²) in [6, 6.07) is 33.9. The molecule has 2 N–H and O–H groups in total. The van der Waals surface area contributed by atoms with Crippen molar-refractivity contribution in [2.24, 2.45) is 0 Å². The minimum Gasteiger partial charge on any atom is -0.497 e. The van der Waals surface area contributed by atoms with E-state index in [-0.39, 0.29) is 37.4 Å². The van der Waals surface area contributed by atoms with Gasteiger partial charge in [-0.1, -0.05) is 72.8 Å². The summed E-state index contributed by atoms with van der Waals surface area (Å²) in [5.74, 6) is -1.90. The van der Waals surface area contributed by atoms with Crippen LogP contribution in [0.15, 0.2) is 137 Å². The fourth-order valence-corrected chi connectivity index (χ4v) is 7.36. The number of nitrogens with zero attached hydrogens (tertiary/aromatic N) is 1. The van der Waals surface area contributed by atoms with Crippen molar-refractivity contribution in [1.82, 2.24) is 5.32 Å². The highest BCUT2D eigenvalue weighted by Gasteiger charge is 2.48. The summed E-state index contributed by atoms with van der Waals surface area (Å²) in [6.07, 6.45) is -1.76. The number of carbonyl (C=O) groups is 4. The van der Waals surface area contributed by atoms with E-state index in [2.05, 4.69) is 5.32 Å². The zero-order valence-electron chi connectivity index (χ0n) is 33.6. The van der Waals surface area contributed by atoms with Crippen LogP contribution in [0.3, 0.4) is 0 Å². The van der Waals surface area contributed by atoms with Gasteiger partial charge in [0.25, 0.3) is 5.91 Å². The van der Waals surface area contributed by atoms with Gasteiger partial charge in [0.1, 0.15) is 28.7 Å². The molecule has 0 bridgehead atoms. The molecule has 5 aromatic carbocycles.